The number of hydrogen-bond donors (Lipinski definition) is 2. The molecule has 0 aliphatic carbocycles. The van der Waals surface area contributed by atoms with Gasteiger partial charge in [0.15, 0.2) is 5.96 Å². The third-order valence-electron chi connectivity index (χ3n) is 4.53. The van der Waals surface area contributed by atoms with Gasteiger partial charge < -0.3 is 16.0 Å². The fourth-order valence-electron chi connectivity index (χ4n) is 3.12. The zero-order valence-electron chi connectivity index (χ0n) is 14.9. The van der Waals surface area contributed by atoms with E-state index in [1.54, 1.807) is 6.07 Å². The zero-order chi connectivity index (χ0) is 18.2. The molecule has 2 aromatic rings. The fraction of sp³-hybridized carbons (Fsp3) is 0.350. The lowest BCUT2D eigenvalue weighted by Gasteiger charge is -2.36. The maximum Gasteiger partial charge on any atom is 0.193 e. The molecule has 1 aliphatic heterocycles. The predicted octanol–water partition coefficient (Wildman–Crippen LogP) is 2.76. The van der Waals surface area contributed by atoms with E-state index in [0.29, 0.717) is 18.2 Å². The van der Waals surface area contributed by atoms with Gasteiger partial charge in [0.05, 0.1) is 5.69 Å². The van der Waals surface area contributed by atoms with Crippen LogP contribution in [-0.2, 0) is 0 Å². The first-order chi connectivity index (χ1) is 12.7. The van der Waals surface area contributed by atoms with Crippen molar-refractivity contribution in [3.8, 4) is 0 Å². The molecule has 26 heavy (non-hydrogen) atoms. The third-order valence-corrected chi connectivity index (χ3v) is 4.53. The van der Waals surface area contributed by atoms with Crippen molar-refractivity contribution in [2.75, 3.05) is 49.5 Å². The Bertz CT molecular complexity index is 711. The number of nitrogens with two attached hydrogens (primary N) is 1. The molecule has 0 aromatic heterocycles. The molecule has 3 N–H and O–H groups in total. The molecule has 0 amide bonds. The molecule has 138 valence electrons. The Morgan fingerprint density at radius 2 is 1.69 bits per heavy atom. The van der Waals surface area contributed by atoms with Gasteiger partial charge in [0.25, 0.3) is 0 Å². The van der Waals surface area contributed by atoms with Gasteiger partial charge in [0.1, 0.15) is 5.82 Å². The minimum atomic E-state index is -0.142. The van der Waals surface area contributed by atoms with Gasteiger partial charge in [-0.1, -0.05) is 30.3 Å². The summed E-state index contributed by atoms with van der Waals surface area (Å²) in [5.41, 5.74) is 7.55. The van der Waals surface area contributed by atoms with Crippen molar-refractivity contribution in [2.45, 2.75) is 6.42 Å². The van der Waals surface area contributed by atoms with Gasteiger partial charge in [-0.2, -0.15) is 0 Å². The van der Waals surface area contributed by atoms with Crippen molar-refractivity contribution in [1.29, 1.82) is 0 Å². The molecule has 6 heteroatoms. The molecule has 3 rings (SSSR count). The zero-order valence-corrected chi connectivity index (χ0v) is 14.9. The molecule has 0 unspecified atom stereocenters. The summed E-state index contributed by atoms with van der Waals surface area (Å²) >= 11 is 0. The lowest BCUT2D eigenvalue weighted by molar-refractivity contribution is 0.256. The van der Waals surface area contributed by atoms with Gasteiger partial charge in [0, 0.05) is 45.0 Å². The van der Waals surface area contributed by atoms with Crippen LogP contribution >= 0.6 is 0 Å². The van der Waals surface area contributed by atoms with E-state index < -0.39 is 0 Å². The summed E-state index contributed by atoms with van der Waals surface area (Å²) in [6.07, 6.45) is 0.955. The number of guanidine groups is 1. The molecular formula is C20H26FN5. The van der Waals surface area contributed by atoms with Crippen LogP contribution in [0.3, 0.4) is 0 Å². The number of aliphatic imine (C=N–C) groups is 1. The van der Waals surface area contributed by atoms with Gasteiger partial charge in [-0.15, -0.1) is 0 Å². The number of para-hydroxylation sites is 2. The van der Waals surface area contributed by atoms with Gasteiger partial charge in [-0.25, -0.2) is 4.39 Å². The summed E-state index contributed by atoms with van der Waals surface area (Å²) in [5.74, 6) is 0.303. The van der Waals surface area contributed by atoms with Crippen molar-refractivity contribution in [3.63, 3.8) is 0 Å². The topological polar surface area (TPSA) is 56.9 Å². The van der Waals surface area contributed by atoms with Crippen LogP contribution in [0.15, 0.2) is 59.6 Å². The van der Waals surface area contributed by atoms with Crippen molar-refractivity contribution in [1.82, 2.24) is 4.90 Å². The van der Waals surface area contributed by atoms with Crippen molar-refractivity contribution in [2.24, 2.45) is 10.7 Å². The van der Waals surface area contributed by atoms with E-state index >= 15 is 0 Å². The van der Waals surface area contributed by atoms with Crippen LogP contribution in [-0.4, -0.2) is 50.1 Å². The highest BCUT2D eigenvalue weighted by Gasteiger charge is 2.18. The Labute approximate surface area is 154 Å². The Morgan fingerprint density at radius 1 is 1.00 bits per heavy atom. The molecule has 0 radical (unpaired) electrons. The molecule has 0 saturated carbocycles. The van der Waals surface area contributed by atoms with Crippen LogP contribution in [0, 0.1) is 5.82 Å². The van der Waals surface area contributed by atoms with E-state index in [-0.39, 0.29) is 5.82 Å². The summed E-state index contributed by atoms with van der Waals surface area (Å²) in [6, 6.07) is 16.8. The van der Waals surface area contributed by atoms with E-state index in [9.17, 15) is 4.39 Å². The number of halogens is 1. The molecule has 2 aromatic carbocycles. The fourth-order valence-corrected chi connectivity index (χ4v) is 3.12. The molecule has 1 aliphatic rings. The molecule has 0 spiro atoms. The van der Waals surface area contributed by atoms with Crippen LogP contribution < -0.4 is 16.0 Å². The Kier molecular flexibility index (Phi) is 6.44. The van der Waals surface area contributed by atoms with Crippen LogP contribution in [0.4, 0.5) is 15.8 Å². The SMILES string of the molecule is NC(=NCCCN1CCN(c2ccccc2F)CC1)Nc1ccccc1. The quantitative estimate of drug-likeness (QED) is 0.475. The molecule has 1 fully saturated rings. The largest absolute Gasteiger partial charge is 0.370 e. The summed E-state index contributed by atoms with van der Waals surface area (Å²) in [5, 5.41) is 3.08. The number of hydrogen-bond acceptors (Lipinski definition) is 3. The standard InChI is InChI=1S/C20H26FN5/c21-18-9-4-5-10-19(18)26-15-13-25(14-16-26)12-6-11-23-20(22)24-17-7-2-1-3-8-17/h1-5,7-10H,6,11-16H2,(H3,22,23,24). The molecule has 0 bridgehead atoms. The average molecular weight is 355 g/mol. The number of nitrogens with zero attached hydrogens (tertiary/aromatic N) is 3. The first-order valence-electron chi connectivity index (χ1n) is 9.06. The van der Waals surface area contributed by atoms with E-state index in [1.807, 2.05) is 42.5 Å². The van der Waals surface area contributed by atoms with Crippen LogP contribution in [0.5, 0.6) is 0 Å². The van der Waals surface area contributed by atoms with Crippen molar-refractivity contribution >= 4 is 17.3 Å². The number of rotatable bonds is 6. The lowest BCUT2D eigenvalue weighted by atomic mass is 10.2. The third kappa shape index (κ3) is 5.20. The molecular weight excluding hydrogens is 329 g/mol. The Morgan fingerprint density at radius 3 is 2.42 bits per heavy atom. The van der Waals surface area contributed by atoms with Gasteiger partial charge in [-0.05, 0) is 30.7 Å². The summed E-state index contributed by atoms with van der Waals surface area (Å²) < 4.78 is 13.9. The highest BCUT2D eigenvalue weighted by molar-refractivity contribution is 5.92. The number of benzene rings is 2. The second-order valence-electron chi connectivity index (χ2n) is 6.39. The highest BCUT2D eigenvalue weighted by Crippen LogP contribution is 2.20. The van der Waals surface area contributed by atoms with Crippen LogP contribution in [0.2, 0.25) is 0 Å². The second kappa shape index (κ2) is 9.20. The van der Waals surface area contributed by atoms with E-state index in [2.05, 4.69) is 20.1 Å². The van der Waals surface area contributed by atoms with Crippen molar-refractivity contribution < 1.29 is 4.39 Å². The Hall–Kier alpha value is -2.60. The molecule has 1 heterocycles. The van der Waals surface area contributed by atoms with E-state index in [0.717, 1.165) is 44.8 Å². The Balaban J connectivity index is 1.36. The van der Waals surface area contributed by atoms with Crippen LogP contribution in [0.1, 0.15) is 6.42 Å². The van der Waals surface area contributed by atoms with Crippen LogP contribution in [0.25, 0.3) is 0 Å². The maximum atomic E-state index is 13.9. The number of anilines is 2. The monoisotopic (exact) mass is 355 g/mol. The minimum absolute atomic E-state index is 0.142. The first-order valence-corrected chi connectivity index (χ1v) is 9.06. The predicted molar refractivity (Wildman–Crippen MR) is 106 cm³/mol. The molecule has 5 nitrogen and oxygen atoms in total. The normalized spacial score (nSPS) is 15.9. The smallest absolute Gasteiger partial charge is 0.193 e. The van der Waals surface area contributed by atoms with Gasteiger partial charge in [0.2, 0.25) is 0 Å². The minimum Gasteiger partial charge on any atom is -0.370 e. The van der Waals surface area contributed by atoms with Crippen molar-refractivity contribution in [3.05, 3.63) is 60.4 Å². The summed E-state index contributed by atoms with van der Waals surface area (Å²) in [7, 11) is 0. The summed E-state index contributed by atoms with van der Waals surface area (Å²) in [4.78, 5) is 8.89. The number of piperazine rings is 1. The molecule has 0 atom stereocenters. The van der Waals surface area contributed by atoms with E-state index in [1.165, 1.54) is 6.07 Å². The maximum absolute atomic E-state index is 13.9. The number of nitrogens with one attached hydrogen (secondary N) is 1. The van der Waals surface area contributed by atoms with Gasteiger partial charge in [-0.3, -0.25) is 9.89 Å². The summed E-state index contributed by atoms with van der Waals surface area (Å²) in [6.45, 7) is 5.25. The first kappa shape index (κ1) is 18.2. The average Bonchev–Trinajstić information content (AvgIpc) is 2.67. The lowest BCUT2D eigenvalue weighted by Crippen LogP contribution is -2.47. The second-order valence-corrected chi connectivity index (χ2v) is 6.39. The van der Waals surface area contributed by atoms with Gasteiger partial charge >= 0.3 is 0 Å². The van der Waals surface area contributed by atoms with E-state index in [4.69, 9.17) is 5.73 Å². The molecule has 1 saturated heterocycles. The highest BCUT2D eigenvalue weighted by atomic mass is 19.1.